The second-order valence-electron chi connectivity index (χ2n) is 6.16. The van der Waals surface area contributed by atoms with Crippen LogP contribution in [-0.2, 0) is 13.1 Å². The number of aryl methyl sites for hydroxylation is 1. The van der Waals surface area contributed by atoms with E-state index < -0.39 is 4.92 Å². The van der Waals surface area contributed by atoms with E-state index in [1.54, 1.807) is 20.2 Å². The molecule has 1 heterocycles. The van der Waals surface area contributed by atoms with E-state index >= 15 is 0 Å². The first-order chi connectivity index (χ1) is 13.0. The fourth-order valence-electron chi connectivity index (χ4n) is 3.13. The maximum absolute atomic E-state index is 12.9. The number of nitro benzene ring substituents is 1. The van der Waals surface area contributed by atoms with Crippen LogP contribution < -0.4 is 5.32 Å². The van der Waals surface area contributed by atoms with E-state index in [0.717, 1.165) is 23.4 Å². The van der Waals surface area contributed by atoms with Crippen molar-refractivity contribution in [3.8, 4) is 0 Å². The molecule has 0 unspecified atom stereocenters. The third-order valence-electron chi connectivity index (χ3n) is 4.49. The van der Waals surface area contributed by atoms with Crippen molar-refractivity contribution in [3.05, 3.63) is 64.0 Å². The number of hydrogen-bond donors (Lipinski definition) is 1. The van der Waals surface area contributed by atoms with E-state index in [-0.39, 0.29) is 17.2 Å². The molecule has 0 saturated heterocycles. The summed E-state index contributed by atoms with van der Waals surface area (Å²) in [5.74, 6) is 0.462. The highest BCUT2D eigenvalue weighted by Gasteiger charge is 2.21. The summed E-state index contributed by atoms with van der Waals surface area (Å²) in [6, 6.07) is 12.0. The van der Waals surface area contributed by atoms with E-state index in [9.17, 15) is 14.9 Å². The van der Waals surface area contributed by atoms with Crippen LogP contribution in [0.25, 0.3) is 11.0 Å². The molecule has 0 atom stereocenters. The average molecular weight is 367 g/mol. The van der Waals surface area contributed by atoms with E-state index in [1.165, 1.54) is 17.0 Å². The van der Waals surface area contributed by atoms with Gasteiger partial charge in [0.1, 0.15) is 5.82 Å². The zero-order valence-electron chi connectivity index (χ0n) is 15.5. The Labute approximate surface area is 156 Å². The van der Waals surface area contributed by atoms with E-state index in [4.69, 9.17) is 0 Å². The molecule has 0 fully saturated rings. The molecule has 0 radical (unpaired) electrons. The van der Waals surface area contributed by atoms with E-state index in [1.807, 2.05) is 31.2 Å². The molecule has 0 aliphatic heterocycles. The molecule has 0 aliphatic rings. The van der Waals surface area contributed by atoms with Crippen molar-refractivity contribution >= 4 is 28.3 Å². The summed E-state index contributed by atoms with van der Waals surface area (Å²) in [6.07, 6.45) is 0. The Kier molecular flexibility index (Phi) is 5.07. The number of nitrogens with zero attached hydrogens (tertiary/aromatic N) is 4. The Morgan fingerprint density at radius 2 is 2.04 bits per heavy atom. The highest BCUT2D eigenvalue weighted by atomic mass is 16.6. The third kappa shape index (κ3) is 3.46. The van der Waals surface area contributed by atoms with Crippen molar-refractivity contribution in [1.29, 1.82) is 0 Å². The van der Waals surface area contributed by atoms with Gasteiger partial charge in [-0.1, -0.05) is 12.1 Å². The van der Waals surface area contributed by atoms with Crippen LogP contribution in [-0.4, -0.2) is 39.4 Å². The van der Waals surface area contributed by atoms with Crippen LogP contribution in [0, 0.1) is 10.1 Å². The number of carbonyl (C=O) groups is 1. The topological polar surface area (TPSA) is 93.3 Å². The number of anilines is 1. The predicted molar refractivity (Wildman–Crippen MR) is 104 cm³/mol. The molecule has 140 valence electrons. The van der Waals surface area contributed by atoms with Crippen molar-refractivity contribution in [2.24, 2.45) is 0 Å². The number of nitrogens with one attached hydrogen (secondary N) is 1. The van der Waals surface area contributed by atoms with E-state index in [2.05, 4.69) is 14.9 Å². The highest BCUT2D eigenvalue weighted by molar-refractivity contribution is 6.00. The van der Waals surface area contributed by atoms with Crippen LogP contribution in [0.4, 0.5) is 11.4 Å². The van der Waals surface area contributed by atoms with Gasteiger partial charge in [0.2, 0.25) is 0 Å². The van der Waals surface area contributed by atoms with Gasteiger partial charge in [-0.3, -0.25) is 14.9 Å². The fraction of sp³-hybridized carbons (Fsp3) is 0.263. The minimum atomic E-state index is -0.507. The number of carbonyl (C=O) groups excluding carboxylic acids is 1. The van der Waals surface area contributed by atoms with Crippen molar-refractivity contribution in [3.63, 3.8) is 0 Å². The lowest BCUT2D eigenvalue weighted by Gasteiger charge is -2.19. The Bertz CT molecular complexity index is 1010. The SMILES string of the molecule is CCn1c(CN(C)C(=O)c2cc([N+](=O)[O-])ccc2NC)nc2ccccc21. The number of amides is 1. The van der Waals surface area contributed by atoms with Crippen molar-refractivity contribution in [1.82, 2.24) is 14.5 Å². The van der Waals surface area contributed by atoms with E-state index in [0.29, 0.717) is 12.2 Å². The second-order valence-corrected chi connectivity index (χ2v) is 6.16. The standard InChI is InChI=1S/C19H21N5O3/c1-4-23-17-8-6-5-7-16(17)21-18(23)12-22(3)19(25)14-11-13(24(26)27)9-10-15(14)20-2/h5-11,20H,4,12H2,1-3H3. The molecule has 1 amide bonds. The number of para-hydroxylation sites is 2. The Morgan fingerprint density at radius 3 is 2.70 bits per heavy atom. The van der Waals surface area contributed by atoms with Crippen molar-refractivity contribution < 1.29 is 9.72 Å². The van der Waals surface area contributed by atoms with Gasteiger partial charge < -0.3 is 14.8 Å². The molecule has 8 nitrogen and oxygen atoms in total. The summed E-state index contributed by atoms with van der Waals surface area (Å²) in [5.41, 5.74) is 2.57. The Morgan fingerprint density at radius 1 is 1.30 bits per heavy atom. The van der Waals surface area contributed by atoms with Crippen LogP contribution in [0.3, 0.4) is 0 Å². The van der Waals surface area contributed by atoms with Crippen LogP contribution >= 0.6 is 0 Å². The molecule has 0 saturated carbocycles. The molecular weight excluding hydrogens is 346 g/mol. The maximum Gasteiger partial charge on any atom is 0.270 e. The molecule has 27 heavy (non-hydrogen) atoms. The Balaban J connectivity index is 1.93. The number of hydrogen-bond acceptors (Lipinski definition) is 5. The predicted octanol–water partition coefficient (Wildman–Crippen LogP) is 3.28. The lowest BCUT2D eigenvalue weighted by molar-refractivity contribution is -0.384. The van der Waals surface area contributed by atoms with Crippen LogP contribution in [0.5, 0.6) is 0 Å². The Hall–Kier alpha value is -3.42. The fourth-order valence-corrected chi connectivity index (χ4v) is 3.13. The van der Waals surface area contributed by atoms with Gasteiger partial charge in [-0.05, 0) is 25.1 Å². The van der Waals surface area contributed by atoms with Gasteiger partial charge in [0.15, 0.2) is 0 Å². The van der Waals surface area contributed by atoms with Gasteiger partial charge in [-0.25, -0.2) is 4.98 Å². The summed E-state index contributed by atoms with van der Waals surface area (Å²) in [6.45, 7) is 3.06. The molecule has 1 aromatic heterocycles. The van der Waals surface area contributed by atoms with Crippen molar-refractivity contribution in [2.75, 3.05) is 19.4 Å². The number of imidazole rings is 1. The largest absolute Gasteiger partial charge is 0.387 e. The zero-order chi connectivity index (χ0) is 19.6. The summed E-state index contributed by atoms with van der Waals surface area (Å²) >= 11 is 0. The van der Waals surface area contributed by atoms with Gasteiger partial charge in [-0.2, -0.15) is 0 Å². The van der Waals surface area contributed by atoms with Gasteiger partial charge in [-0.15, -0.1) is 0 Å². The number of non-ortho nitro benzene ring substituents is 1. The first kappa shape index (κ1) is 18.4. The smallest absolute Gasteiger partial charge is 0.270 e. The molecule has 3 rings (SSSR count). The molecule has 0 aliphatic carbocycles. The second kappa shape index (κ2) is 7.45. The third-order valence-corrected chi connectivity index (χ3v) is 4.49. The summed E-state index contributed by atoms with van der Waals surface area (Å²) in [4.78, 5) is 29.7. The molecule has 2 aromatic carbocycles. The zero-order valence-corrected chi connectivity index (χ0v) is 15.5. The first-order valence-corrected chi connectivity index (χ1v) is 8.62. The quantitative estimate of drug-likeness (QED) is 0.533. The molecule has 0 bridgehead atoms. The molecule has 8 heteroatoms. The molecular formula is C19H21N5O3. The number of fused-ring (bicyclic) bond motifs is 1. The first-order valence-electron chi connectivity index (χ1n) is 8.62. The van der Waals surface area contributed by atoms with Crippen LogP contribution in [0.1, 0.15) is 23.1 Å². The summed E-state index contributed by atoms with van der Waals surface area (Å²) in [7, 11) is 3.34. The van der Waals surface area contributed by atoms with Crippen LogP contribution in [0.2, 0.25) is 0 Å². The van der Waals surface area contributed by atoms with Gasteiger partial charge in [0.25, 0.3) is 11.6 Å². The molecule has 0 spiro atoms. The maximum atomic E-state index is 12.9. The highest BCUT2D eigenvalue weighted by Crippen LogP contribution is 2.24. The number of benzene rings is 2. The summed E-state index contributed by atoms with van der Waals surface area (Å²) in [5, 5.41) is 14.0. The lowest BCUT2D eigenvalue weighted by Crippen LogP contribution is -2.28. The minimum Gasteiger partial charge on any atom is -0.387 e. The van der Waals surface area contributed by atoms with Gasteiger partial charge in [0.05, 0.1) is 28.1 Å². The number of nitro groups is 1. The monoisotopic (exact) mass is 367 g/mol. The molecule has 1 N–H and O–H groups in total. The van der Waals surface area contributed by atoms with Crippen molar-refractivity contribution in [2.45, 2.75) is 20.0 Å². The number of rotatable bonds is 6. The number of aromatic nitrogens is 2. The average Bonchev–Trinajstić information content (AvgIpc) is 3.03. The normalized spacial score (nSPS) is 10.8. The summed E-state index contributed by atoms with van der Waals surface area (Å²) < 4.78 is 2.06. The molecule has 3 aromatic rings. The lowest BCUT2D eigenvalue weighted by atomic mass is 10.1. The van der Waals surface area contributed by atoms with Gasteiger partial charge >= 0.3 is 0 Å². The minimum absolute atomic E-state index is 0.119. The van der Waals surface area contributed by atoms with Crippen LogP contribution in [0.15, 0.2) is 42.5 Å². The van der Waals surface area contributed by atoms with Gasteiger partial charge in [0, 0.05) is 38.5 Å².